The zero-order valence-electron chi connectivity index (χ0n) is 11.2. The van der Waals surface area contributed by atoms with Crippen molar-refractivity contribution in [1.29, 1.82) is 0 Å². The van der Waals surface area contributed by atoms with E-state index in [2.05, 4.69) is 15.4 Å². The van der Waals surface area contributed by atoms with Gasteiger partial charge in [-0.05, 0) is 12.1 Å². The number of halogens is 2. The third-order valence-electron chi connectivity index (χ3n) is 3.00. The van der Waals surface area contributed by atoms with Crippen molar-refractivity contribution in [2.75, 3.05) is 19.0 Å². The van der Waals surface area contributed by atoms with Gasteiger partial charge in [0.05, 0.1) is 13.0 Å². The molecule has 1 aliphatic heterocycles. The van der Waals surface area contributed by atoms with Gasteiger partial charge < -0.3 is 20.1 Å². The van der Waals surface area contributed by atoms with Crippen LogP contribution in [0.1, 0.15) is 6.42 Å². The maximum atomic E-state index is 12.3. The fourth-order valence-corrected chi connectivity index (χ4v) is 1.98. The van der Waals surface area contributed by atoms with E-state index in [1.807, 2.05) is 0 Å². The van der Waals surface area contributed by atoms with Gasteiger partial charge in [0.25, 0.3) is 0 Å². The van der Waals surface area contributed by atoms with Crippen molar-refractivity contribution in [1.82, 2.24) is 5.32 Å². The molecule has 2 rings (SSSR count). The summed E-state index contributed by atoms with van der Waals surface area (Å²) < 4.78 is 33.8. The Bertz CT molecular complexity index is 551. The van der Waals surface area contributed by atoms with E-state index in [-0.39, 0.29) is 42.0 Å². The summed E-state index contributed by atoms with van der Waals surface area (Å²) in [6, 6.07) is 4.15. The van der Waals surface area contributed by atoms with Crippen LogP contribution < -0.4 is 20.1 Å². The van der Waals surface area contributed by atoms with Gasteiger partial charge in [-0.3, -0.25) is 9.59 Å². The number of rotatable bonds is 5. The SMILES string of the molecule is COc1ccc(NC(=O)C2CNC(=O)C2)cc1OC(F)F. The van der Waals surface area contributed by atoms with Crippen molar-refractivity contribution in [3.05, 3.63) is 18.2 Å². The monoisotopic (exact) mass is 300 g/mol. The van der Waals surface area contributed by atoms with Crippen molar-refractivity contribution < 1.29 is 27.8 Å². The molecule has 1 unspecified atom stereocenters. The van der Waals surface area contributed by atoms with E-state index in [0.29, 0.717) is 0 Å². The standard InChI is InChI=1S/C13H14F2N2O4/c1-20-9-3-2-8(5-10(9)21-13(14)15)17-12(19)7-4-11(18)16-6-7/h2-3,5,7,13H,4,6H2,1H3,(H,16,18)(H,17,19). The minimum atomic E-state index is -3.00. The largest absolute Gasteiger partial charge is 0.493 e. The Morgan fingerprint density at radius 2 is 2.19 bits per heavy atom. The molecular weight excluding hydrogens is 286 g/mol. The Labute approximate surface area is 119 Å². The van der Waals surface area contributed by atoms with Crippen molar-refractivity contribution in [2.24, 2.45) is 5.92 Å². The number of carbonyl (C=O) groups is 2. The Hall–Kier alpha value is -2.38. The number of benzene rings is 1. The van der Waals surface area contributed by atoms with Crippen LogP contribution in [-0.4, -0.2) is 32.1 Å². The second kappa shape index (κ2) is 6.38. The molecule has 1 aromatic carbocycles. The van der Waals surface area contributed by atoms with Crippen molar-refractivity contribution in [2.45, 2.75) is 13.0 Å². The zero-order chi connectivity index (χ0) is 15.4. The second-order valence-corrected chi connectivity index (χ2v) is 4.44. The van der Waals surface area contributed by atoms with Gasteiger partial charge in [0.2, 0.25) is 11.8 Å². The summed E-state index contributed by atoms with van der Waals surface area (Å²) in [6.07, 6.45) is 0.113. The molecule has 0 aliphatic carbocycles. The number of amides is 2. The van der Waals surface area contributed by atoms with Gasteiger partial charge in [0.15, 0.2) is 11.5 Å². The molecule has 1 atom stereocenters. The maximum Gasteiger partial charge on any atom is 0.387 e. The fraction of sp³-hybridized carbons (Fsp3) is 0.385. The molecule has 0 spiro atoms. The van der Waals surface area contributed by atoms with Gasteiger partial charge in [-0.1, -0.05) is 0 Å². The lowest BCUT2D eigenvalue weighted by atomic mass is 10.1. The number of ether oxygens (including phenoxy) is 2. The minimum Gasteiger partial charge on any atom is -0.493 e. The highest BCUT2D eigenvalue weighted by atomic mass is 19.3. The highest BCUT2D eigenvalue weighted by Gasteiger charge is 2.28. The van der Waals surface area contributed by atoms with Crippen molar-refractivity contribution in [3.63, 3.8) is 0 Å². The highest BCUT2D eigenvalue weighted by Crippen LogP contribution is 2.31. The van der Waals surface area contributed by atoms with Crippen LogP contribution in [0.5, 0.6) is 11.5 Å². The lowest BCUT2D eigenvalue weighted by Gasteiger charge is -2.13. The number of hydrogen-bond donors (Lipinski definition) is 2. The molecule has 1 saturated heterocycles. The van der Waals surface area contributed by atoms with Crippen molar-refractivity contribution in [3.8, 4) is 11.5 Å². The second-order valence-electron chi connectivity index (χ2n) is 4.44. The van der Waals surface area contributed by atoms with E-state index in [1.165, 1.54) is 25.3 Å². The number of nitrogens with one attached hydrogen (secondary N) is 2. The van der Waals surface area contributed by atoms with Gasteiger partial charge >= 0.3 is 6.61 Å². The third kappa shape index (κ3) is 3.80. The molecule has 0 bridgehead atoms. The number of alkyl halides is 2. The quantitative estimate of drug-likeness (QED) is 0.861. The van der Waals surface area contributed by atoms with E-state index in [1.54, 1.807) is 0 Å². The zero-order valence-corrected chi connectivity index (χ0v) is 11.2. The van der Waals surface area contributed by atoms with E-state index in [9.17, 15) is 18.4 Å². The Morgan fingerprint density at radius 3 is 2.76 bits per heavy atom. The number of hydrogen-bond acceptors (Lipinski definition) is 4. The molecule has 0 radical (unpaired) electrons. The smallest absolute Gasteiger partial charge is 0.387 e. The minimum absolute atomic E-state index is 0.113. The summed E-state index contributed by atoms with van der Waals surface area (Å²) in [7, 11) is 1.32. The molecule has 2 amide bonds. The van der Waals surface area contributed by atoms with Crippen LogP contribution in [0.2, 0.25) is 0 Å². The first-order valence-electron chi connectivity index (χ1n) is 6.20. The molecule has 2 N–H and O–H groups in total. The van der Waals surface area contributed by atoms with Gasteiger partial charge in [0, 0.05) is 24.7 Å². The lowest BCUT2D eigenvalue weighted by molar-refractivity contribution is -0.123. The average Bonchev–Trinajstić information content (AvgIpc) is 2.85. The number of anilines is 1. The summed E-state index contributed by atoms with van der Waals surface area (Å²) in [6.45, 7) is -2.73. The van der Waals surface area contributed by atoms with E-state index in [0.717, 1.165) is 0 Å². The molecule has 1 heterocycles. The highest BCUT2D eigenvalue weighted by molar-refractivity contribution is 5.97. The van der Waals surface area contributed by atoms with Gasteiger partial charge in [-0.2, -0.15) is 8.78 Å². The molecule has 1 aromatic rings. The first-order chi connectivity index (χ1) is 9.99. The summed E-state index contributed by atoms with van der Waals surface area (Å²) >= 11 is 0. The summed E-state index contributed by atoms with van der Waals surface area (Å²) in [5, 5.41) is 5.11. The molecule has 114 valence electrons. The molecule has 21 heavy (non-hydrogen) atoms. The topological polar surface area (TPSA) is 76.7 Å². The fourth-order valence-electron chi connectivity index (χ4n) is 1.98. The summed E-state index contributed by atoms with van der Waals surface area (Å²) in [4.78, 5) is 23.0. The lowest BCUT2D eigenvalue weighted by Crippen LogP contribution is -2.24. The molecule has 6 nitrogen and oxygen atoms in total. The molecular formula is C13H14F2N2O4. The van der Waals surface area contributed by atoms with Crippen LogP contribution >= 0.6 is 0 Å². The summed E-state index contributed by atoms with van der Waals surface area (Å²) in [5.41, 5.74) is 0.288. The van der Waals surface area contributed by atoms with E-state index in [4.69, 9.17) is 4.74 Å². The predicted molar refractivity (Wildman–Crippen MR) is 69.4 cm³/mol. The van der Waals surface area contributed by atoms with E-state index >= 15 is 0 Å². The Balaban J connectivity index is 2.09. The van der Waals surface area contributed by atoms with Gasteiger partial charge in [-0.15, -0.1) is 0 Å². The van der Waals surface area contributed by atoms with Gasteiger partial charge in [0.1, 0.15) is 0 Å². The Kier molecular flexibility index (Phi) is 4.56. The third-order valence-corrected chi connectivity index (χ3v) is 3.00. The molecule has 0 aromatic heterocycles. The normalized spacial score (nSPS) is 17.5. The Morgan fingerprint density at radius 1 is 1.43 bits per heavy atom. The van der Waals surface area contributed by atoms with Crippen LogP contribution in [0, 0.1) is 5.92 Å². The summed E-state index contributed by atoms with van der Waals surface area (Å²) in [5.74, 6) is -1.07. The van der Waals surface area contributed by atoms with Gasteiger partial charge in [-0.25, -0.2) is 0 Å². The first kappa shape index (κ1) is 15.0. The number of carbonyl (C=O) groups excluding carboxylic acids is 2. The predicted octanol–water partition coefficient (Wildman–Crippen LogP) is 1.37. The van der Waals surface area contributed by atoms with Crippen LogP contribution in [0.3, 0.4) is 0 Å². The first-order valence-corrected chi connectivity index (χ1v) is 6.20. The van der Waals surface area contributed by atoms with E-state index < -0.39 is 12.5 Å². The average molecular weight is 300 g/mol. The van der Waals surface area contributed by atoms with Crippen LogP contribution in [-0.2, 0) is 9.59 Å². The molecule has 0 saturated carbocycles. The molecule has 1 fully saturated rings. The molecule has 1 aliphatic rings. The van der Waals surface area contributed by atoms with Crippen LogP contribution in [0.4, 0.5) is 14.5 Å². The number of methoxy groups -OCH3 is 1. The van der Waals surface area contributed by atoms with Crippen LogP contribution in [0.15, 0.2) is 18.2 Å². The van der Waals surface area contributed by atoms with Crippen molar-refractivity contribution >= 4 is 17.5 Å². The van der Waals surface area contributed by atoms with Crippen LogP contribution in [0.25, 0.3) is 0 Å². The maximum absolute atomic E-state index is 12.3. The molecule has 8 heteroatoms.